The number of para-hydroxylation sites is 1. The highest BCUT2D eigenvalue weighted by molar-refractivity contribution is 6.31. The second kappa shape index (κ2) is 2.38. The van der Waals surface area contributed by atoms with E-state index in [-0.39, 0.29) is 0 Å². The summed E-state index contributed by atoms with van der Waals surface area (Å²) >= 11 is 0. The van der Waals surface area contributed by atoms with Crippen molar-refractivity contribution in [3.8, 4) is 0 Å². The van der Waals surface area contributed by atoms with E-state index in [4.69, 9.17) is 0 Å². The highest BCUT2D eigenvalue weighted by Crippen LogP contribution is 2.07. The van der Waals surface area contributed by atoms with Gasteiger partial charge in [0, 0.05) is 5.39 Å². The minimum atomic E-state index is 1.07. The first-order valence-electron chi connectivity index (χ1n) is 3.69. The number of hydrogen-bond acceptors (Lipinski definition) is 1. The van der Waals surface area contributed by atoms with Gasteiger partial charge in [-0.05, 0) is 11.7 Å². The van der Waals surface area contributed by atoms with E-state index in [1.54, 1.807) is 0 Å². The summed E-state index contributed by atoms with van der Waals surface area (Å²) < 4.78 is 0. The monoisotopic (exact) mass is 141 g/mol. The van der Waals surface area contributed by atoms with Crippen LogP contribution in [0.3, 0.4) is 0 Å². The van der Waals surface area contributed by atoms with Crippen molar-refractivity contribution in [3.63, 3.8) is 0 Å². The summed E-state index contributed by atoms with van der Waals surface area (Å²) in [5.41, 5.74) is 2.15. The summed E-state index contributed by atoms with van der Waals surface area (Å²) in [6.07, 6.45) is 0. The van der Waals surface area contributed by atoms with Gasteiger partial charge in [0.2, 0.25) is 0 Å². The smallest absolute Gasteiger partial charge is 0.163 e. The van der Waals surface area contributed by atoms with Crippen molar-refractivity contribution in [1.82, 2.24) is 4.98 Å². The van der Waals surface area contributed by atoms with Gasteiger partial charge >= 0.3 is 0 Å². The third kappa shape index (κ3) is 1.12. The lowest BCUT2D eigenvalue weighted by Gasteiger charge is -1.96. The van der Waals surface area contributed by atoms with Crippen molar-refractivity contribution in [3.05, 3.63) is 36.4 Å². The van der Waals surface area contributed by atoms with Crippen molar-refractivity contribution in [2.75, 3.05) is 0 Å². The molecule has 1 nitrogen and oxygen atoms in total. The predicted octanol–water partition coefficient (Wildman–Crippen LogP) is 0.493. The minimum Gasteiger partial charge on any atom is -0.264 e. The zero-order valence-corrected chi connectivity index (χ0v) is 6.41. The van der Waals surface area contributed by atoms with Crippen molar-refractivity contribution >= 4 is 24.3 Å². The molecule has 2 heteroatoms. The maximum atomic E-state index is 4.38. The number of nitrogens with zero attached hydrogens (tertiary/aromatic N) is 1. The van der Waals surface area contributed by atoms with Gasteiger partial charge in [0.05, 0.1) is 5.52 Å². The van der Waals surface area contributed by atoms with Crippen LogP contribution in [0.5, 0.6) is 0 Å². The largest absolute Gasteiger partial charge is 0.264 e. The molecule has 0 aliphatic rings. The van der Waals surface area contributed by atoms with E-state index >= 15 is 0 Å². The van der Waals surface area contributed by atoms with E-state index in [1.165, 1.54) is 5.39 Å². The van der Waals surface area contributed by atoms with Crippen LogP contribution < -0.4 is 5.59 Å². The number of fused-ring (bicyclic) bond motifs is 1. The summed E-state index contributed by atoms with van der Waals surface area (Å²) in [7, 11) is 2.01. The molecule has 0 bridgehead atoms. The van der Waals surface area contributed by atoms with Gasteiger partial charge in [-0.3, -0.25) is 4.98 Å². The molecule has 0 fully saturated rings. The van der Waals surface area contributed by atoms with Crippen LogP contribution in [-0.2, 0) is 0 Å². The van der Waals surface area contributed by atoms with Crippen LogP contribution in [0.1, 0.15) is 0 Å². The SMILES string of the molecule is Bc1ccc2ccccc2n1. The molecule has 0 unspecified atom stereocenters. The topological polar surface area (TPSA) is 12.9 Å². The Hall–Kier alpha value is -1.31. The third-order valence-electron chi connectivity index (χ3n) is 1.74. The molecule has 0 spiro atoms. The third-order valence-corrected chi connectivity index (χ3v) is 1.74. The van der Waals surface area contributed by atoms with E-state index in [0.29, 0.717) is 0 Å². The van der Waals surface area contributed by atoms with Gasteiger partial charge in [0.1, 0.15) is 0 Å². The number of aromatic nitrogens is 1. The van der Waals surface area contributed by atoms with Gasteiger partial charge in [0.15, 0.2) is 7.85 Å². The predicted molar refractivity (Wildman–Crippen MR) is 49.9 cm³/mol. The average molecular weight is 141 g/mol. The molecule has 0 amide bonds. The Balaban J connectivity index is 2.83. The van der Waals surface area contributed by atoms with Gasteiger partial charge in [-0.2, -0.15) is 0 Å². The molecule has 52 valence electrons. The highest BCUT2D eigenvalue weighted by atomic mass is 14.7. The molecule has 2 rings (SSSR count). The molecule has 0 atom stereocenters. The van der Waals surface area contributed by atoms with Crippen LogP contribution in [0, 0.1) is 0 Å². The fraction of sp³-hybridized carbons (Fsp3) is 0. The van der Waals surface area contributed by atoms with Crippen LogP contribution in [0.25, 0.3) is 10.9 Å². The van der Waals surface area contributed by atoms with Crippen LogP contribution in [0.15, 0.2) is 36.4 Å². The summed E-state index contributed by atoms with van der Waals surface area (Å²) in [6, 6.07) is 12.3. The molecule has 0 aliphatic heterocycles. The molecule has 0 radical (unpaired) electrons. The van der Waals surface area contributed by atoms with Crippen molar-refractivity contribution in [1.29, 1.82) is 0 Å². The molecule has 11 heavy (non-hydrogen) atoms. The molecule has 2 aromatic rings. The molecule has 0 N–H and O–H groups in total. The summed E-state index contributed by atoms with van der Waals surface area (Å²) in [4.78, 5) is 4.38. The van der Waals surface area contributed by atoms with Gasteiger partial charge in [-0.25, -0.2) is 0 Å². The van der Waals surface area contributed by atoms with Crippen LogP contribution >= 0.6 is 0 Å². The molecule has 0 saturated carbocycles. The van der Waals surface area contributed by atoms with E-state index in [1.807, 2.05) is 32.1 Å². The summed E-state index contributed by atoms with van der Waals surface area (Å²) in [6.45, 7) is 0. The summed E-state index contributed by atoms with van der Waals surface area (Å²) in [5.74, 6) is 0. The van der Waals surface area contributed by atoms with Crippen molar-refractivity contribution < 1.29 is 0 Å². The molecule has 1 aromatic heterocycles. The van der Waals surface area contributed by atoms with Gasteiger partial charge in [0.25, 0.3) is 0 Å². The fourth-order valence-corrected chi connectivity index (χ4v) is 1.17. The number of hydrogen-bond donors (Lipinski definition) is 0. The summed E-state index contributed by atoms with van der Waals surface area (Å²) in [5, 5.41) is 1.21. The molecular formula is C9H8BN. The first-order valence-corrected chi connectivity index (χ1v) is 3.69. The number of pyridine rings is 1. The maximum Gasteiger partial charge on any atom is 0.163 e. The minimum absolute atomic E-state index is 1.07. The quantitative estimate of drug-likeness (QED) is 0.486. The van der Waals surface area contributed by atoms with Gasteiger partial charge in [-0.15, -0.1) is 0 Å². The number of rotatable bonds is 0. The van der Waals surface area contributed by atoms with E-state index < -0.39 is 0 Å². The van der Waals surface area contributed by atoms with E-state index in [9.17, 15) is 0 Å². The lowest BCUT2D eigenvalue weighted by molar-refractivity contribution is 1.48. The Morgan fingerprint density at radius 1 is 1.00 bits per heavy atom. The lowest BCUT2D eigenvalue weighted by Crippen LogP contribution is -2.06. The van der Waals surface area contributed by atoms with Crippen molar-refractivity contribution in [2.45, 2.75) is 0 Å². The Kier molecular flexibility index (Phi) is 1.39. The first kappa shape index (κ1) is 6.41. The zero-order valence-electron chi connectivity index (χ0n) is 6.41. The molecule has 0 aliphatic carbocycles. The van der Waals surface area contributed by atoms with E-state index in [0.717, 1.165) is 11.1 Å². The first-order chi connectivity index (χ1) is 5.36. The second-order valence-corrected chi connectivity index (χ2v) is 2.65. The van der Waals surface area contributed by atoms with Crippen LogP contribution in [0.4, 0.5) is 0 Å². The van der Waals surface area contributed by atoms with Crippen LogP contribution in [0.2, 0.25) is 0 Å². The number of benzene rings is 1. The van der Waals surface area contributed by atoms with Crippen molar-refractivity contribution in [2.24, 2.45) is 0 Å². The normalized spacial score (nSPS) is 10.2. The molecular weight excluding hydrogens is 133 g/mol. The van der Waals surface area contributed by atoms with Gasteiger partial charge in [-0.1, -0.05) is 30.3 Å². The fourth-order valence-electron chi connectivity index (χ4n) is 1.17. The van der Waals surface area contributed by atoms with E-state index in [2.05, 4.69) is 17.1 Å². The standard InChI is InChI=1S/C9H8BN/c10-9-6-5-7-3-1-2-4-8(7)11-9/h1-6H,10H2. The zero-order chi connectivity index (χ0) is 7.68. The Morgan fingerprint density at radius 3 is 2.73 bits per heavy atom. The Bertz CT molecular complexity index is 384. The molecule has 1 heterocycles. The Labute approximate surface area is 66.5 Å². The second-order valence-electron chi connectivity index (χ2n) is 2.65. The Morgan fingerprint density at radius 2 is 1.82 bits per heavy atom. The van der Waals surface area contributed by atoms with Crippen LogP contribution in [-0.4, -0.2) is 12.8 Å². The highest BCUT2D eigenvalue weighted by Gasteiger charge is 1.90. The molecule has 0 saturated heterocycles. The average Bonchev–Trinajstić information content (AvgIpc) is 2.04. The lowest BCUT2D eigenvalue weighted by atomic mass is 10.0. The van der Waals surface area contributed by atoms with Gasteiger partial charge < -0.3 is 0 Å². The molecule has 1 aromatic carbocycles. The maximum absolute atomic E-state index is 4.38.